The monoisotopic (exact) mass is 360 g/mol. The number of aryl methyl sites for hydroxylation is 1. The molecule has 6 heteroatoms. The maximum atomic E-state index is 12.1. The smallest absolute Gasteiger partial charge is 0.234 e. The fourth-order valence-corrected chi connectivity index (χ4v) is 4.28. The molecule has 0 saturated carbocycles. The number of nitrogens with zero attached hydrogens (tertiary/aromatic N) is 1. The van der Waals surface area contributed by atoms with Crippen LogP contribution in [0.15, 0.2) is 51.7 Å². The first-order valence-electron chi connectivity index (χ1n) is 7.08. The van der Waals surface area contributed by atoms with Crippen LogP contribution in [0.2, 0.25) is 0 Å². The van der Waals surface area contributed by atoms with Gasteiger partial charge in [-0.25, -0.2) is 4.98 Å². The van der Waals surface area contributed by atoms with E-state index in [0.29, 0.717) is 5.75 Å². The van der Waals surface area contributed by atoms with Gasteiger partial charge in [-0.15, -0.1) is 23.1 Å². The number of rotatable bonds is 5. The number of thiazole rings is 1. The van der Waals surface area contributed by atoms with Crippen molar-refractivity contribution < 1.29 is 4.79 Å². The van der Waals surface area contributed by atoms with Crippen LogP contribution in [0, 0.1) is 6.92 Å². The Balaban J connectivity index is 1.61. The molecule has 0 atom stereocenters. The summed E-state index contributed by atoms with van der Waals surface area (Å²) in [6, 6.07) is 14.0. The molecular formula is C17H16N2OS3. The van der Waals surface area contributed by atoms with Crippen molar-refractivity contribution in [1.82, 2.24) is 4.98 Å². The fraction of sp³-hybridized carbons (Fsp3) is 0.176. The summed E-state index contributed by atoms with van der Waals surface area (Å²) in [6.07, 6.45) is 2.02. The molecule has 0 spiro atoms. The van der Waals surface area contributed by atoms with Gasteiger partial charge in [-0.3, -0.25) is 4.79 Å². The largest absolute Gasteiger partial charge is 0.325 e. The lowest BCUT2D eigenvalue weighted by Crippen LogP contribution is -2.13. The molecule has 0 aliphatic heterocycles. The second kappa shape index (κ2) is 7.38. The first-order valence-corrected chi connectivity index (χ1v) is 10.1. The van der Waals surface area contributed by atoms with Gasteiger partial charge >= 0.3 is 0 Å². The maximum absolute atomic E-state index is 12.1. The van der Waals surface area contributed by atoms with Gasteiger partial charge in [-0.1, -0.05) is 29.5 Å². The number of aromatic nitrogens is 1. The number of hydrogen-bond acceptors (Lipinski definition) is 5. The molecule has 1 N–H and O–H groups in total. The summed E-state index contributed by atoms with van der Waals surface area (Å²) in [6.45, 7) is 2.05. The summed E-state index contributed by atoms with van der Waals surface area (Å²) in [5, 5.41) is 2.96. The van der Waals surface area contributed by atoms with E-state index in [1.165, 1.54) is 5.56 Å². The summed E-state index contributed by atoms with van der Waals surface area (Å²) in [5.74, 6) is 0.407. The lowest BCUT2D eigenvalue weighted by molar-refractivity contribution is -0.113. The zero-order valence-electron chi connectivity index (χ0n) is 12.8. The Hall–Kier alpha value is -1.50. The summed E-state index contributed by atoms with van der Waals surface area (Å²) >= 11 is 4.83. The molecule has 23 heavy (non-hydrogen) atoms. The molecule has 0 saturated heterocycles. The van der Waals surface area contributed by atoms with Crippen molar-refractivity contribution in [3.63, 3.8) is 0 Å². The molecule has 3 nitrogen and oxygen atoms in total. The summed E-state index contributed by atoms with van der Waals surface area (Å²) < 4.78 is 2.14. The van der Waals surface area contributed by atoms with Gasteiger partial charge < -0.3 is 5.32 Å². The summed E-state index contributed by atoms with van der Waals surface area (Å²) in [5.41, 5.74) is 3.02. The van der Waals surface area contributed by atoms with Crippen molar-refractivity contribution in [2.24, 2.45) is 0 Å². The minimum atomic E-state index is 0.00419. The normalized spacial score (nSPS) is 10.9. The fourth-order valence-electron chi connectivity index (χ4n) is 2.05. The van der Waals surface area contributed by atoms with Gasteiger partial charge in [0.05, 0.1) is 16.0 Å². The first kappa shape index (κ1) is 16.4. The number of carbonyl (C=O) groups is 1. The third kappa shape index (κ3) is 4.28. The molecule has 1 aromatic heterocycles. The molecule has 0 aliphatic carbocycles. The molecule has 0 radical (unpaired) electrons. The first-order chi connectivity index (χ1) is 11.1. The van der Waals surface area contributed by atoms with Crippen LogP contribution < -0.4 is 5.32 Å². The minimum absolute atomic E-state index is 0.00419. The Morgan fingerprint density at radius 1 is 1.22 bits per heavy atom. The van der Waals surface area contributed by atoms with E-state index < -0.39 is 0 Å². The van der Waals surface area contributed by atoms with Crippen molar-refractivity contribution in [2.75, 3.05) is 17.3 Å². The van der Waals surface area contributed by atoms with E-state index >= 15 is 0 Å². The number of thioether (sulfide) groups is 2. The van der Waals surface area contributed by atoms with Crippen LogP contribution in [-0.4, -0.2) is 22.9 Å². The Bertz CT molecular complexity index is 827. The van der Waals surface area contributed by atoms with Gasteiger partial charge in [-0.05, 0) is 43.5 Å². The highest BCUT2D eigenvalue weighted by atomic mass is 32.2. The number of anilines is 1. The highest BCUT2D eigenvalue weighted by molar-refractivity contribution is 8.00. The van der Waals surface area contributed by atoms with Crippen LogP contribution in [0.25, 0.3) is 10.2 Å². The molecule has 1 amide bonds. The Morgan fingerprint density at radius 3 is 2.74 bits per heavy atom. The van der Waals surface area contributed by atoms with E-state index in [-0.39, 0.29) is 5.91 Å². The van der Waals surface area contributed by atoms with E-state index in [1.54, 1.807) is 34.9 Å². The third-order valence-corrected chi connectivity index (χ3v) is 6.23. The zero-order chi connectivity index (χ0) is 16.2. The SMILES string of the molecule is CSc1nc2ccc(NC(=O)CSc3ccc(C)cc3)cc2s1. The highest BCUT2D eigenvalue weighted by Crippen LogP contribution is 2.30. The molecular weight excluding hydrogens is 344 g/mol. The van der Waals surface area contributed by atoms with Gasteiger partial charge in [0.25, 0.3) is 0 Å². The third-order valence-electron chi connectivity index (χ3n) is 3.22. The van der Waals surface area contributed by atoms with Crippen LogP contribution in [0.4, 0.5) is 5.69 Å². The summed E-state index contributed by atoms with van der Waals surface area (Å²) in [7, 11) is 0. The Kier molecular flexibility index (Phi) is 5.25. The predicted octanol–water partition coefficient (Wildman–Crippen LogP) is 5.06. The van der Waals surface area contributed by atoms with Crippen LogP contribution in [0.5, 0.6) is 0 Å². The van der Waals surface area contributed by atoms with Gasteiger partial charge in [-0.2, -0.15) is 0 Å². The van der Waals surface area contributed by atoms with E-state index in [9.17, 15) is 4.79 Å². The van der Waals surface area contributed by atoms with Gasteiger partial charge in [0.2, 0.25) is 5.91 Å². The van der Waals surface area contributed by atoms with E-state index in [2.05, 4.69) is 29.4 Å². The number of fused-ring (bicyclic) bond motifs is 1. The van der Waals surface area contributed by atoms with Gasteiger partial charge in [0.1, 0.15) is 0 Å². The lowest BCUT2D eigenvalue weighted by Gasteiger charge is -2.05. The van der Waals surface area contributed by atoms with Crippen molar-refractivity contribution in [3.8, 4) is 0 Å². The molecule has 0 aliphatic rings. The predicted molar refractivity (Wildman–Crippen MR) is 102 cm³/mol. The second-order valence-corrected chi connectivity index (χ2v) is 8.15. The van der Waals surface area contributed by atoms with Crippen molar-refractivity contribution in [3.05, 3.63) is 48.0 Å². The number of hydrogen-bond donors (Lipinski definition) is 1. The molecule has 0 fully saturated rings. The quantitative estimate of drug-likeness (QED) is 0.646. The summed E-state index contributed by atoms with van der Waals surface area (Å²) in [4.78, 5) is 17.7. The number of nitrogens with one attached hydrogen (secondary N) is 1. The average Bonchev–Trinajstić information content (AvgIpc) is 2.97. The molecule has 118 valence electrons. The second-order valence-electron chi connectivity index (χ2n) is 5.02. The molecule has 3 aromatic rings. The molecule has 3 rings (SSSR count). The zero-order valence-corrected chi connectivity index (χ0v) is 15.3. The number of carbonyl (C=O) groups excluding carboxylic acids is 1. The lowest BCUT2D eigenvalue weighted by atomic mass is 10.2. The average molecular weight is 361 g/mol. The topological polar surface area (TPSA) is 42.0 Å². The molecule has 0 unspecified atom stereocenters. The van der Waals surface area contributed by atoms with E-state index in [0.717, 1.165) is 25.1 Å². The standard InChI is InChI=1S/C17H16N2OS3/c1-11-3-6-13(7-4-11)22-10-16(20)18-12-5-8-14-15(9-12)23-17(19-14)21-2/h3-9H,10H2,1-2H3,(H,18,20). The Morgan fingerprint density at radius 2 is 2.00 bits per heavy atom. The van der Waals surface area contributed by atoms with Crippen LogP contribution >= 0.6 is 34.9 Å². The molecule has 0 bridgehead atoms. The van der Waals surface area contributed by atoms with Crippen LogP contribution in [0.1, 0.15) is 5.56 Å². The van der Waals surface area contributed by atoms with E-state index in [1.807, 2.05) is 36.6 Å². The van der Waals surface area contributed by atoms with Gasteiger partial charge in [0, 0.05) is 10.6 Å². The number of benzene rings is 2. The maximum Gasteiger partial charge on any atom is 0.234 e. The highest BCUT2D eigenvalue weighted by Gasteiger charge is 2.07. The van der Waals surface area contributed by atoms with Crippen LogP contribution in [-0.2, 0) is 4.79 Å². The van der Waals surface area contributed by atoms with Crippen molar-refractivity contribution in [1.29, 1.82) is 0 Å². The minimum Gasteiger partial charge on any atom is -0.325 e. The van der Waals surface area contributed by atoms with Crippen LogP contribution in [0.3, 0.4) is 0 Å². The van der Waals surface area contributed by atoms with Gasteiger partial charge in [0.15, 0.2) is 4.34 Å². The molecule has 1 heterocycles. The number of amides is 1. The van der Waals surface area contributed by atoms with E-state index in [4.69, 9.17) is 0 Å². The van der Waals surface area contributed by atoms with Crippen molar-refractivity contribution >= 4 is 56.7 Å². The molecule has 2 aromatic carbocycles. The van der Waals surface area contributed by atoms with Crippen molar-refractivity contribution in [2.45, 2.75) is 16.2 Å². The Labute approximate surface area is 147 Å².